The van der Waals surface area contributed by atoms with Crippen molar-refractivity contribution in [3.63, 3.8) is 0 Å². The van der Waals surface area contributed by atoms with Gasteiger partial charge in [0.2, 0.25) is 24.4 Å². The molecule has 0 spiro atoms. The van der Waals surface area contributed by atoms with E-state index in [9.17, 15) is 4.79 Å². The number of aromatic nitrogens is 2. The van der Waals surface area contributed by atoms with E-state index in [1.54, 1.807) is 26.4 Å². The van der Waals surface area contributed by atoms with Crippen molar-refractivity contribution >= 4 is 5.91 Å². The van der Waals surface area contributed by atoms with Crippen molar-refractivity contribution in [2.45, 2.75) is 19.4 Å². The normalized spacial score (nSPS) is 11.9. The molecule has 0 saturated carbocycles. The molecule has 1 N–H and O–H groups in total. The lowest BCUT2D eigenvalue weighted by molar-refractivity contribution is -0.121. The van der Waals surface area contributed by atoms with Gasteiger partial charge in [0.1, 0.15) is 0 Å². The monoisotopic (exact) mass is 411 g/mol. The summed E-state index contributed by atoms with van der Waals surface area (Å²) in [6, 6.07) is 10.9. The molecule has 0 radical (unpaired) electrons. The molecule has 0 bridgehead atoms. The number of methoxy groups -OCH3 is 2. The number of carbonyl (C=O) groups is 1. The zero-order valence-electron chi connectivity index (χ0n) is 16.6. The third-order valence-electron chi connectivity index (χ3n) is 4.60. The van der Waals surface area contributed by atoms with Crippen molar-refractivity contribution in [2.75, 3.05) is 21.0 Å². The number of carbonyl (C=O) groups excluding carboxylic acids is 1. The first-order chi connectivity index (χ1) is 14.7. The standard InChI is InChI=1S/C21H21N3O6/c1-26-15-6-4-14(10-17(15)27-2)21-23-20(30-24-21)8-7-19(25)22-11-13-3-5-16-18(9-13)29-12-28-16/h3-6,9-10H,7-8,11-12H2,1-2H3,(H,22,25). The molecule has 0 aliphatic carbocycles. The number of fused-ring (bicyclic) bond motifs is 1. The van der Waals surface area contributed by atoms with Crippen LogP contribution in [0.25, 0.3) is 11.4 Å². The van der Waals surface area contributed by atoms with Crippen molar-refractivity contribution in [3.05, 3.63) is 47.9 Å². The minimum atomic E-state index is -0.112. The first-order valence-corrected chi connectivity index (χ1v) is 9.36. The molecule has 9 heteroatoms. The third kappa shape index (κ3) is 4.29. The van der Waals surface area contributed by atoms with Crippen LogP contribution in [0.3, 0.4) is 0 Å². The van der Waals surface area contributed by atoms with E-state index in [0.717, 1.165) is 11.1 Å². The van der Waals surface area contributed by atoms with E-state index in [2.05, 4.69) is 15.5 Å². The van der Waals surface area contributed by atoms with Gasteiger partial charge in [0.15, 0.2) is 23.0 Å². The van der Waals surface area contributed by atoms with Gasteiger partial charge in [-0.3, -0.25) is 4.79 Å². The van der Waals surface area contributed by atoms with Crippen LogP contribution in [0.2, 0.25) is 0 Å². The molecule has 0 atom stereocenters. The van der Waals surface area contributed by atoms with Crippen LogP contribution in [0.15, 0.2) is 40.9 Å². The Morgan fingerprint density at radius 1 is 1.07 bits per heavy atom. The first-order valence-electron chi connectivity index (χ1n) is 9.36. The van der Waals surface area contributed by atoms with Gasteiger partial charge in [0.05, 0.1) is 14.2 Å². The quantitative estimate of drug-likeness (QED) is 0.603. The summed E-state index contributed by atoms with van der Waals surface area (Å²) in [6.07, 6.45) is 0.575. The van der Waals surface area contributed by atoms with Gasteiger partial charge in [-0.25, -0.2) is 0 Å². The molecule has 9 nitrogen and oxygen atoms in total. The number of amides is 1. The SMILES string of the molecule is COc1ccc(-c2noc(CCC(=O)NCc3ccc4c(c3)OCO4)n2)cc1OC. The second-order valence-corrected chi connectivity index (χ2v) is 6.55. The Morgan fingerprint density at radius 3 is 2.73 bits per heavy atom. The van der Waals surface area contributed by atoms with Gasteiger partial charge in [-0.15, -0.1) is 0 Å². The van der Waals surface area contributed by atoms with Crippen molar-refractivity contribution in [2.24, 2.45) is 0 Å². The number of nitrogens with one attached hydrogen (secondary N) is 1. The first kappa shape index (κ1) is 19.6. The molecule has 4 rings (SSSR count). The van der Waals surface area contributed by atoms with Crippen LogP contribution < -0.4 is 24.3 Å². The van der Waals surface area contributed by atoms with E-state index in [4.69, 9.17) is 23.5 Å². The molecule has 0 saturated heterocycles. The molecule has 3 aromatic rings. The van der Waals surface area contributed by atoms with Gasteiger partial charge in [-0.05, 0) is 35.9 Å². The molecular formula is C21H21N3O6. The van der Waals surface area contributed by atoms with E-state index in [-0.39, 0.29) is 19.1 Å². The second kappa shape index (κ2) is 8.73. The lowest BCUT2D eigenvalue weighted by Gasteiger charge is -2.07. The summed E-state index contributed by atoms with van der Waals surface area (Å²) in [7, 11) is 3.13. The summed E-state index contributed by atoms with van der Waals surface area (Å²) in [5, 5.41) is 6.85. The molecule has 1 aromatic heterocycles. The topological polar surface area (TPSA) is 105 Å². The Balaban J connectivity index is 1.30. The van der Waals surface area contributed by atoms with E-state index < -0.39 is 0 Å². The van der Waals surface area contributed by atoms with Crippen molar-refractivity contribution in [3.8, 4) is 34.4 Å². The lowest BCUT2D eigenvalue weighted by atomic mass is 10.2. The number of benzene rings is 2. The zero-order valence-corrected chi connectivity index (χ0v) is 16.6. The fourth-order valence-corrected chi connectivity index (χ4v) is 3.01. The van der Waals surface area contributed by atoms with Gasteiger partial charge in [-0.2, -0.15) is 4.98 Å². The van der Waals surface area contributed by atoms with Crippen LogP contribution in [0.1, 0.15) is 17.9 Å². The van der Waals surface area contributed by atoms with E-state index in [1.807, 2.05) is 24.3 Å². The Morgan fingerprint density at radius 2 is 1.90 bits per heavy atom. The van der Waals surface area contributed by atoms with E-state index >= 15 is 0 Å². The highest BCUT2D eigenvalue weighted by molar-refractivity contribution is 5.76. The predicted molar refractivity (Wildman–Crippen MR) is 106 cm³/mol. The van der Waals surface area contributed by atoms with E-state index in [0.29, 0.717) is 47.7 Å². The van der Waals surface area contributed by atoms with Gasteiger partial charge >= 0.3 is 0 Å². The molecular weight excluding hydrogens is 390 g/mol. The third-order valence-corrected chi connectivity index (χ3v) is 4.60. The summed E-state index contributed by atoms with van der Waals surface area (Å²) >= 11 is 0. The lowest BCUT2D eigenvalue weighted by Crippen LogP contribution is -2.23. The minimum Gasteiger partial charge on any atom is -0.493 e. The summed E-state index contributed by atoms with van der Waals surface area (Å²) in [5.41, 5.74) is 1.66. The molecule has 0 fully saturated rings. The maximum Gasteiger partial charge on any atom is 0.231 e. The van der Waals surface area contributed by atoms with Crippen LogP contribution >= 0.6 is 0 Å². The van der Waals surface area contributed by atoms with Crippen molar-refractivity contribution in [1.29, 1.82) is 0 Å². The summed E-state index contributed by atoms with van der Waals surface area (Å²) in [5.74, 6) is 3.29. The maximum absolute atomic E-state index is 12.2. The average molecular weight is 411 g/mol. The van der Waals surface area contributed by atoms with E-state index in [1.165, 1.54) is 0 Å². The van der Waals surface area contributed by atoms with Crippen LogP contribution in [0, 0.1) is 0 Å². The highest BCUT2D eigenvalue weighted by Crippen LogP contribution is 2.32. The molecule has 2 aromatic carbocycles. The molecule has 2 heterocycles. The maximum atomic E-state index is 12.2. The number of nitrogens with zero attached hydrogens (tertiary/aromatic N) is 2. The largest absolute Gasteiger partial charge is 0.493 e. The Labute approximate surface area is 172 Å². The number of hydrogen-bond acceptors (Lipinski definition) is 8. The highest BCUT2D eigenvalue weighted by Gasteiger charge is 2.15. The number of aryl methyl sites for hydroxylation is 1. The van der Waals surface area contributed by atoms with Crippen LogP contribution in [-0.2, 0) is 17.8 Å². The molecule has 30 heavy (non-hydrogen) atoms. The molecule has 1 aliphatic heterocycles. The average Bonchev–Trinajstić information content (AvgIpc) is 3.44. The van der Waals surface area contributed by atoms with Crippen molar-refractivity contribution in [1.82, 2.24) is 15.5 Å². The molecule has 1 amide bonds. The fraction of sp³-hybridized carbons (Fsp3) is 0.286. The number of hydrogen-bond donors (Lipinski definition) is 1. The number of ether oxygens (including phenoxy) is 4. The summed E-state index contributed by atoms with van der Waals surface area (Å²) < 4.78 is 26.4. The minimum absolute atomic E-state index is 0.112. The van der Waals surface area contributed by atoms with Gasteiger partial charge < -0.3 is 28.8 Å². The smallest absolute Gasteiger partial charge is 0.231 e. The fourth-order valence-electron chi connectivity index (χ4n) is 3.01. The van der Waals surface area contributed by atoms with Crippen LogP contribution in [0.4, 0.5) is 0 Å². The molecule has 0 unspecified atom stereocenters. The predicted octanol–water partition coefficient (Wildman–Crippen LogP) is 2.73. The summed E-state index contributed by atoms with van der Waals surface area (Å²) in [6.45, 7) is 0.622. The van der Waals surface area contributed by atoms with Gasteiger partial charge in [-0.1, -0.05) is 11.2 Å². The van der Waals surface area contributed by atoms with Crippen LogP contribution in [-0.4, -0.2) is 37.1 Å². The Hall–Kier alpha value is -3.75. The van der Waals surface area contributed by atoms with Crippen molar-refractivity contribution < 1.29 is 28.3 Å². The zero-order chi connectivity index (χ0) is 20.9. The Kier molecular flexibility index (Phi) is 5.69. The molecule has 156 valence electrons. The second-order valence-electron chi connectivity index (χ2n) is 6.55. The molecule has 1 aliphatic rings. The Bertz CT molecular complexity index is 1050. The van der Waals surface area contributed by atoms with Crippen LogP contribution in [0.5, 0.6) is 23.0 Å². The highest BCUT2D eigenvalue weighted by atomic mass is 16.7. The van der Waals surface area contributed by atoms with Gasteiger partial charge in [0, 0.05) is 24.9 Å². The van der Waals surface area contributed by atoms with Gasteiger partial charge in [0.25, 0.3) is 0 Å². The summed E-state index contributed by atoms with van der Waals surface area (Å²) in [4.78, 5) is 16.5. The number of rotatable bonds is 8.